The molecular formula is C12H16BrClN2. The highest BCUT2D eigenvalue weighted by molar-refractivity contribution is 9.10. The van der Waals surface area contributed by atoms with Crippen molar-refractivity contribution in [2.24, 2.45) is 5.73 Å². The summed E-state index contributed by atoms with van der Waals surface area (Å²) in [5, 5.41) is 0.769. The number of piperidine rings is 1. The maximum Gasteiger partial charge on any atom is 0.0417 e. The Kier molecular flexibility index (Phi) is 4.25. The minimum Gasteiger partial charge on any atom is -0.327 e. The summed E-state index contributed by atoms with van der Waals surface area (Å²) in [6, 6.07) is 6.29. The van der Waals surface area contributed by atoms with Crippen molar-refractivity contribution in [2.75, 3.05) is 13.1 Å². The number of nitrogens with two attached hydrogens (primary N) is 1. The van der Waals surface area contributed by atoms with Gasteiger partial charge in [-0.05, 0) is 37.1 Å². The second kappa shape index (κ2) is 5.50. The van der Waals surface area contributed by atoms with Crippen molar-refractivity contribution in [1.82, 2.24) is 4.90 Å². The van der Waals surface area contributed by atoms with Crippen LogP contribution in [0.2, 0.25) is 5.02 Å². The Morgan fingerprint density at radius 2 is 2.31 bits per heavy atom. The van der Waals surface area contributed by atoms with Gasteiger partial charge in [0.05, 0.1) is 0 Å². The summed E-state index contributed by atoms with van der Waals surface area (Å²) in [4.78, 5) is 2.40. The van der Waals surface area contributed by atoms with E-state index in [-0.39, 0.29) is 0 Å². The van der Waals surface area contributed by atoms with Crippen molar-refractivity contribution in [2.45, 2.75) is 25.4 Å². The first-order valence-corrected chi connectivity index (χ1v) is 6.74. The first-order valence-electron chi connectivity index (χ1n) is 5.57. The Bertz CT molecular complexity index is 370. The minimum absolute atomic E-state index is 0.333. The first kappa shape index (κ1) is 12.4. The van der Waals surface area contributed by atoms with Crippen molar-refractivity contribution < 1.29 is 0 Å². The molecule has 0 saturated carbocycles. The van der Waals surface area contributed by atoms with Crippen LogP contribution in [0.5, 0.6) is 0 Å². The van der Waals surface area contributed by atoms with E-state index in [2.05, 4.69) is 26.9 Å². The molecule has 0 aromatic heterocycles. The van der Waals surface area contributed by atoms with Crippen molar-refractivity contribution in [3.63, 3.8) is 0 Å². The normalized spacial score (nSPS) is 22.3. The summed E-state index contributed by atoms with van der Waals surface area (Å²) < 4.78 is 1.08. The summed E-state index contributed by atoms with van der Waals surface area (Å²) in [6.45, 7) is 3.09. The van der Waals surface area contributed by atoms with Gasteiger partial charge in [-0.2, -0.15) is 0 Å². The molecule has 2 N–H and O–H groups in total. The number of benzene rings is 1. The molecule has 1 saturated heterocycles. The molecule has 1 atom stereocenters. The second-order valence-corrected chi connectivity index (χ2v) is 5.66. The minimum atomic E-state index is 0.333. The molecule has 1 fully saturated rings. The monoisotopic (exact) mass is 302 g/mol. The van der Waals surface area contributed by atoms with Gasteiger partial charge in [-0.3, -0.25) is 4.90 Å². The van der Waals surface area contributed by atoms with Crippen molar-refractivity contribution in [1.29, 1.82) is 0 Å². The molecule has 0 aliphatic carbocycles. The number of halogens is 2. The highest BCUT2D eigenvalue weighted by atomic mass is 79.9. The van der Waals surface area contributed by atoms with Crippen LogP contribution < -0.4 is 5.73 Å². The van der Waals surface area contributed by atoms with Crippen LogP contribution in [0.25, 0.3) is 0 Å². The number of nitrogens with zero attached hydrogens (tertiary/aromatic N) is 1. The second-order valence-electron chi connectivity index (χ2n) is 4.37. The van der Waals surface area contributed by atoms with Gasteiger partial charge in [0, 0.05) is 28.6 Å². The number of hydrogen-bond acceptors (Lipinski definition) is 2. The Balaban J connectivity index is 2.02. The van der Waals surface area contributed by atoms with Crippen LogP contribution >= 0.6 is 27.5 Å². The fourth-order valence-electron chi connectivity index (χ4n) is 2.13. The lowest BCUT2D eigenvalue weighted by Gasteiger charge is -2.30. The fraction of sp³-hybridized carbons (Fsp3) is 0.500. The number of rotatable bonds is 2. The zero-order valence-electron chi connectivity index (χ0n) is 9.13. The fourth-order valence-corrected chi connectivity index (χ4v) is 2.93. The highest BCUT2D eigenvalue weighted by Gasteiger charge is 2.17. The van der Waals surface area contributed by atoms with E-state index in [1.165, 1.54) is 12.0 Å². The molecule has 1 aromatic rings. The van der Waals surface area contributed by atoms with E-state index in [0.717, 1.165) is 35.6 Å². The lowest BCUT2D eigenvalue weighted by Crippen LogP contribution is -2.42. The molecule has 0 amide bonds. The molecule has 0 bridgehead atoms. The van der Waals surface area contributed by atoms with Crippen LogP contribution in [0.4, 0.5) is 0 Å². The van der Waals surface area contributed by atoms with Gasteiger partial charge in [0.25, 0.3) is 0 Å². The lowest BCUT2D eigenvalue weighted by atomic mass is 10.1. The highest BCUT2D eigenvalue weighted by Crippen LogP contribution is 2.23. The van der Waals surface area contributed by atoms with Crippen LogP contribution in [-0.4, -0.2) is 24.0 Å². The van der Waals surface area contributed by atoms with Crippen molar-refractivity contribution in [3.8, 4) is 0 Å². The van der Waals surface area contributed by atoms with E-state index in [9.17, 15) is 0 Å². The predicted molar refractivity (Wildman–Crippen MR) is 71.6 cm³/mol. The standard InChI is InChI=1S/C12H16BrClN2/c13-12-6-10(14)4-3-9(12)7-16-5-1-2-11(15)8-16/h3-4,6,11H,1-2,5,7-8,15H2. The van der Waals surface area contributed by atoms with E-state index in [1.807, 2.05) is 12.1 Å². The Morgan fingerprint density at radius 1 is 1.50 bits per heavy atom. The van der Waals surface area contributed by atoms with Gasteiger partial charge >= 0.3 is 0 Å². The summed E-state index contributed by atoms with van der Waals surface area (Å²) >= 11 is 9.47. The molecule has 1 aliphatic rings. The molecule has 1 unspecified atom stereocenters. The summed E-state index contributed by atoms with van der Waals surface area (Å²) in [6.07, 6.45) is 2.35. The van der Waals surface area contributed by atoms with Gasteiger partial charge in [0.1, 0.15) is 0 Å². The Labute approximate surface area is 110 Å². The van der Waals surface area contributed by atoms with Gasteiger partial charge in [-0.15, -0.1) is 0 Å². The SMILES string of the molecule is NC1CCCN(Cc2ccc(Cl)cc2Br)C1. The average Bonchev–Trinajstić information content (AvgIpc) is 2.22. The van der Waals surface area contributed by atoms with Gasteiger partial charge in [0.2, 0.25) is 0 Å². The predicted octanol–water partition coefficient (Wildman–Crippen LogP) is 3.03. The number of likely N-dealkylation sites (tertiary alicyclic amines) is 1. The molecule has 1 heterocycles. The summed E-state index contributed by atoms with van der Waals surface area (Å²) in [7, 11) is 0. The molecule has 16 heavy (non-hydrogen) atoms. The van der Waals surface area contributed by atoms with Crippen molar-refractivity contribution in [3.05, 3.63) is 33.3 Å². The summed E-state index contributed by atoms with van der Waals surface area (Å²) in [5.74, 6) is 0. The van der Waals surface area contributed by atoms with E-state index >= 15 is 0 Å². The third-order valence-corrected chi connectivity index (χ3v) is 3.92. The van der Waals surface area contributed by atoms with Gasteiger partial charge in [-0.1, -0.05) is 33.6 Å². The van der Waals surface area contributed by atoms with Gasteiger partial charge in [0.15, 0.2) is 0 Å². The molecule has 2 rings (SSSR count). The zero-order chi connectivity index (χ0) is 11.5. The molecular weight excluding hydrogens is 288 g/mol. The molecule has 0 radical (unpaired) electrons. The van der Waals surface area contributed by atoms with Crippen LogP contribution in [0.15, 0.2) is 22.7 Å². The number of hydrogen-bond donors (Lipinski definition) is 1. The Morgan fingerprint density at radius 3 is 3.00 bits per heavy atom. The Hall–Kier alpha value is -0.0900. The quantitative estimate of drug-likeness (QED) is 0.910. The van der Waals surface area contributed by atoms with E-state index in [1.54, 1.807) is 0 Å². The molecule has 0 spiro atoms. The van der Waals surface area contributed by atoms with Crippen LogP contribution in [0, 0.1) is 0 Å². The third kappa shape index (κ3) is 3.20. The van der Waals surface area contributed by atoms with Gasteiger partial charge in [-0.25, -0.2) is 0 Å². The van der Waals surface area contributed by atoms with E-state index in [4.69, 9.17) is 17.3 Å². The largest absolute Gasteiger partial charge is 0.327 e. The topological polar surface area (TPSA) is 29.3 Å². The maximum atomic E-state index is 5.97. The average molecular weight is 304 g/mol. The first-order chi connectivity index (χ1) is 7.65. The molecule has 2 nitrogen and oxygen atoms in total. The maximum absolute atomic E-state index is 5.97. The molecule has 88 valence electrons. The third-order valence-electron chi connectivity index (χ3n) is 2.95. The van der Waals surface area contributed by atoms with Crippen LogP contribution in [-0.2, 0) is 6.54 Å². The molecule has 1 aliphatic heterocycles. The lowest BCUT2D eigenvalue weighted by molar-refractivity contribution is 0.201. The van der Waals surface area contributed by atoms with Gasteiger partial charge < -0.3 is 5.73 Å². The van der Waals surface area contributed by atoms with E-state index < -0.39 is 0 Å². The molecule has 1 aromatic carbocycles. The van der Waals surface area contributed by atoms with Crippen molar-refractivity contribution >= 4 is 27.5 Å². The van der Waals surface area contributed by atoms with E-state index in [0.29, 0.717) is 6.04 Å². The van der Waals surface area contributed by atoms with Crippen LogP contribution in [0.1, 0.15) is 18.4 Å². The van der Waals surface area contributed by atoms with Crippen LogP contribution in [0.3, 0.4) is 0 Å². The summed E-state index contributed by atoms with van der Waals surface area (Å²) in [5.41, 5.74) is 7.24. The molecule has 4 heteroatoms. The smallest absolute Gasteiger partial charge is 0.0417 e. The zero-order valence-corrected chi connectivity index (χ0v) is 11.5.